The molecule has 9 nitrogen and oxygen atoms in total. The van der Waals surface area contributed by atoms with Crippen molar-refractivity contribution in [1.29, 1.82) is 0 Å². The van der Waals surface area contributed by atoms with Gasteiger partial charge in [0, 0.05) is 17.6 Å². The molecule has 9 heteroatoms. The fourth-order valence-corrected chi connectivity index (χ4v) is 4.95. The average molecular weight is 541 g/mol. The highest BCUT2D eigenvalue weighted by Crippen LogP contribution is 2.33. The van der Waals surface area contributed by atoms with E-state index in [-0.39, 0.29) is 11.1 Å². The number of pyridine rings is 1. The molecule has 0 aliphatic carbocycles. The van der Waals surface area contributed by atoms with E-state index in [2.05, 4.69) is 59.2 Å². The number of aromatic amines is 1. The van der Waals surface area contributed by atoms with Crippen LogP contribution in [-0.2, 0) is 25.0 Å². The van der Waals surface area contributed by atoms with Crippen LogP contribution in [0.1, 0.15) is 68.4 Å². The fraction of sp³-hybridized carbons (Fsp3) is 0.355. The predicted molar refractivity (Wildman–Crippen MR) is 154 cm³/mol. The Bertz CT molecular complexity index is 1620. The van der Waals surface area contributed by atoms with Crippen molar-refractivity contribution in [3.63, 3.8) is 0 Å². The number of ether oxygens (including phenoxy) is 1. The van der Waals surface area contributed by atoms with Crippen LogP contribution in [0, 0.1) is 0 Å². The highest BCUT2D eigenvalue weighted by molar-refractivity contribution is 5.80. The van der Waals surface area contributed by atoms with Crippen LogP contribution in [0.25, 0.3) is 10.9 Å². The lowest BCUT2D eigenvalue weighted by Crippen LogP contribution is -2.38. The third-order valence-corrected chi connectivity index (χ3v) is 7.67. The van der Waals surface area contributed by atoms with Gasteiger partial charge < -0.3 is 14.1 Å². The first kappa shape index (κ1) is 27.3. The highest BCUT2D eigenvalue weighted by atomic mass is 16.5. The number of methoxy groups -OCH3 is 1. The Labute approximate surface area is 233 Å². The molecule has 5 aromatic rings. The Hall–Kier alpha value is -4.24. The van der Waals surface area contributed by atoms with Gasteiger partial charge in [0.25, 0.3) is 5.56 Å². The van der Waals surface area contributed by atoms with Crippen LogP contribution in [0.3, 0.4) is 0 Å². The van der Waals surface area contributed by atoms with Gasteiger partial charge in [-0.25, -0.2) is 4.68 Å². The van der Waals surface area contributed by atoms with Gasteiger partial charge in [-0.15, -0.1) is 5.10 Å². The van der Waals surface area contributed by atoms with Crippen LogP contribution in [0.4, 0.5) is 0 Å². The van der Waals surface area contributed by atoms with E-state index in [9.17, 15) is 4.79 Å². The summed E-state index contributed by atoms with van der Waals surface area (Å²) in [4.78, 5) is 19.1. The Morgan fingerprint density at radius 1 is 1.05 bits per heavy atom. The third kappa shape index (κ3) is 5.56. The van der Waals surface area contributed by atoms with Crippen molar-refractivity contribution in [2.75, 3.05) is 7.11 Å². The van der Waals surface area contributed by atoms with Gasteiger partial charge >= 0.3 is 0 Å². The summed E-state index contributed by atoms with van der Waals surface area (Å²) in [7, 11) is 1.65. The lowest BCUT2D eigenvalue weighted by molar-refractivity contribution is 0.168. The predicted octanol–water partition coefficient (Wildman–Crippen LogP) is 5.62. The maximum Gasteiger partial charge on any atom is 0.253 e. The van der Waals surface area contributed by atoms with Crippen LogP contribution in [-0.4, -0.2) is 37.2 Å². The van der Waals surface area contributed by atoms with Gasteiger partial charge in [0.05, 0.1) is 25.5 Å². The molecular formula is C31H36N6O3. The Morgan fingerprint density at radius 2 is 1.82 bits per heavy atom. The van der Waals surface area contributed by atoms with Gasteiger partial charge in [-0.05, 0) is 96.1 Å². The van der Waals surface area contributed by atoms with Gasteiger partial charge in [0.2, 0.25) is 0 Å². The molecule has 0 radical (unpaired) electrons. The summed E-state index contributed by atoms with van der Waals surface area (Å²) in [6, 6.07) is 19.3. The van der Waals surface area contributed by atoms with Crippen LogP contribution in [0.5, 0.6) is 5.75 Å². The number of nitrogens with zero attached hydrogens (tertiary/aromatic N) is 5. The quantitative estimate of drug-likeness (QED) is 0.232. The van der Waals surface area contributed by atoms with E-state index in [4.69, 9.17) is 9.15 Å². The van der Waals surface area contributed by atoms with Crippen molar-refractivity contribution < 1.29 is 9.15 Å². The Morgan fingerprint density at radius 3 is 2.50 bits per heavy atom. The summed E-state index contributed by atoms with van der Waals surface area (Å²) < 4.78 is 13.0. The molecule has 5 rings (SSSR count). The second kappa shape index (κ2) is 11.5. The molecule has 0 amide bonds. The lowest BCUT2D eigenvalue weighted by atomic mass is 9.98. The fourth-order valence-electron chi connectivity index (χ4n) is 4.95. The molecule has 0 unspecified atom stereocenters. The zero-order valence-corrected chi connectivity index (χ0v) is 23.7. The number of hydrogen-bond donors (Lipinski definition) is 1. The van der Waals surface area contributed by atoms with E-state index in [1.54, 1.807) is 13.4 Å². The van der Waals surface area contributed by atoms with E-state index >= 15 is 0 Å². The molecule has 1 atom stereocenters. The summed E-state index contributed by atoms with van der Waals surface area (Å²) in [5, 5.41) is 14.0. The minimum Gasteiger partial charge on any atom is -0.497 e. The Kier molecular flexibility index (Phi) is 7.84. The van der Waals surface area contributed by atoms with Crippen molar-refractivity contribution in [3.05, 3.63) is 106 Å². The molecule has 1 N–H and O–H groups in total. The highest BCUT2D eigenvalue weighted by Gasteiger charge is 2.35. The molecule has 2 aromatic carbocycles. The molecular weight excluding hydrogens is 504 g/mol. The summed E-state index contributed by atoms with van der Waals surface area (Å²) in [6.07, 6.45) is 3.37. The van der Waals surface area contributed by atoms with Crippen molar-refractivity contribution in [1.82, 2.24) is 30.1 Å². The zero-order valence-electron chi connectivity index (χ0n) is 23.7. The third-order valence-electron chi connectivity index (χ3n) is 7.67. The van der Waals surface area contributed by atoms with E-state index in [0.29, 0.717) is 24.5 Å². The number of hydrogen-bond acceptors (Lipinski definition) is 7. The van der Waals surface area contributed by atoms with E-state index in [0.717, 1.165) is 40.8 Å². The van der Waals surface area contributed by atoms with Gasteiger partial charge in [0.15, 0.2) is 5.82 Å². The zero-order chi connectivity index (χ0) is 28.3. The molecule has 0 saturated carbocycles. The molecule has 0 fully saturated rings. The van der Waals surface area contributed by atoms with Crippen molar-refractivity contribution in [3.8, 4) is 5.75 Å². The number of furan rings is 1. The summed E-state index contributed by atoms with van der Waals surface area (Å²) in [5.74, 6) is 2.16. The van der Waals surface area contributed by atoms with Crippen molar-refractivity contribution in [2.45, 2.75) is 65.2 Å². The van der Waals surface area contributed by atoms with Crippen molar-refractivity contribution in [2.24, 2.45) is 0 Å². The molecule has 3 aromatic heterocycles. The molecule has 208 valence electrons. The lowest BCUT2D eigenvalue weighted by Gasteiger charge is -2.33. The monoisotopic (exact) mass is 540 g/mol. The van der Waals surface area contributed by atoms with Crippen LogP contribution < -0.4 is 10.3 Å². The minimum atomic E-state index is -0.563. The number of aromatic nitrogens is 5. The summed E-state index contributed by atoms with van der Waals surface area (Å²) >= 11 is 0. The molecule has 0 saturated heterocycles. The molecule has 0 aliphatic heterocycles. The molecule has 40 heavy (non-hydrogen) atoms. The standard InChI is InChI=1S/C31H36N6O3/c1-6-21-12-15-27-23(17-21)18-26(30(38)32-27)28(29-33-34-35-37(29)31(3,4)7-2)36(20-25-9-8-16-40-25)19-22-10-13-24(39-5)14-11-22/h8-18,28H,6-7,19-20H2,1-5H3,(H,32,38)/t28-/m1/s1. The number of tetrazole rings is 1. The molecule has 0 aliphatic rings. The number of fused-ring (bicyclic) bond motifs is 1. The summed E-state index contributed by atoms with van der Waals surface area (Å²) in [5.41, 5.74) is 3.08. The second-order valence-corrected chi connectivity index (χ2v) is 10.7. The van der Waals surface area contributed by atoms with Gasteiger partial charge in [-0.2, -0.15) is 0 Å². The van der Waals surface area contributed by atoms with Crippen LogP contribution >= 0.6 is 0 Å². The maximum atomic E-state index is 13.8. The van der Waals surface area contributed by atoms with Crippen LogP contribution in [0.2, 0.25) is 0 Å². The number of benzene rings is 2. The van der Waals surface area contributed by atoms with E-state index < -0.39 is 6.04 Å². The molecule has 0 bridgehead atoms. The molecule has 0 spiro atoms. The number of H-pyrrole nitrogens is 1. The second-order valence-electron chi connectivity index (χ2n) is 10.7. The van der Waals surface area contributed by atoms with Crippen LogP contribution in [0.15, 0.2) is 76.1 Å². The van der Waals surface area contributed by atoms with Gasteiger partial charge in [-0.3, -0.25) is 9.69 Å². The van der Waals surface area contributed by atoms with E-state index in [1.165, 1.54) is 5.56 Å². The maximum absolute atomic E-state index is 13.8. The van der Waals surface area contributed by atoms with Gasteiger partial charge in [-0.1, -0.05) is 32.0 Å². The first-order chi connectivity index (χ1) is 19.3. The van der Waals surface area contributed by atoms with E-state index in [1.807, 2.05) is 59.3 Å². The van der Waals surface area contributed by atoms with Gasteiger partial charge in [0.1, 0.15) is 17.6 Å². The Balaban J connectivity index is 1.72. The van der Waals surface area contributed by atoms with Crippen molar-refractivity contribution >= 4 is 10.9 Å². The smallest absolute Gasteiger partial charge is 0.253 e. The minimum absolute atomic E-state index is 0.176. The largest absolute Gasteiger partial charge is 0.497 e. The first-order valence-electron chi connectivity index (χ1n) is 13.7. The first-order valence-corrected chi connectivity index (χ1v) is 13.7. The SMILES string of the molecule is CCc1ccc2[nH]c(=O)c([C@H](c3nnnn3C(C)(C)CC)N(Cc3ccc(OC)cc3)Cc3ccco3)cc2c1. The topological polar surface area (TPSA) is 102 Å². The number of aryl methyl sites for hydroxylation is 1. The molecule has 3 heterocycles. The summed E-state index contributed by atoms with van der Waals surface area (Å²) in [6.45, 7) is 9.38. The number of rotatable bonds is 11. The average Bonchev–Trinajstić information content (AvgIpc) is 3.67. The number of nitrogens with one attached hydrogen (secondary N) is 1. The normalized spacial score (nSPS) is 12.8.